The highest BCUT2D eigenvalue weighted by molar-refractivity contribution is 7.98. The van der Waals surface area contributed by atoms with E-state index in [4.69, 9.17) is 11.6 Å². The lowest BCUT2D eigenvalue weighted by Crippen LogP contribution is -2.00. The zero-order valence-corrected chi connectivity index (χ0v) is 13.5. The van der Waals surface area contributed by atoms with Gasteiger partial charge in [-0.15, -0.1) is 11.8 Å². The minimum absolute atomic E-state index is 0.0417. The van der Waals surface area contributed by atoms with Gasteiger partial charge >= 0.3 is 5.97 Å². The summed E-state index contributed by atoms with van der Waals surface area (Å²) in [5.74, 6) is -0.858. The number of halogens is 1. The third kappa shape index (κ3) is 2.85. The fourth-order valence-corrected chi connectivity index (χ4v) is 3.14. The summed E-state index contributed by atoms with van der Waals surface area (Å²) in [6, 6.07) is 13.6. The third-order valence-electron chi connectivity index (χ3n) is 3.57. The molecular weight excluding hydrogens is 318 g/mol. The van der Waals surface area contributed by atoms with Crippen molar-refractivity contribution in [3.63, 3.8) is 0 Å². The summed E-state index contributed by atoms with van der Waals surface area (Å²) >= 11 is 7.73. The summed E-state index contributed by atoms with van der Waals surface area (Å²) in [4.78, 5) is 15.7. The zero-order chi connectivity index (χ0) is 15.7. The number of carboxylic acids is 1. The first-order chi connectivity index (χ1) is 10.6. The molecule has 0 saturated carbocycles. The lowest BCUT2D eigenvalue weighted by molar-refractivity contribution is -0.136. The molecule has 112 valence electrons. The second-order valence-electron chi connectivity index (χ2n) is 4.97. The number of thioether (sulfide) groups is 1. The first kappa shape index (κ1) is 15.0. The number of hydrogen-bond acceptors (Lipinski definition) is 2. The minimum Gasteiger partial charge on any atom is -0.481 e. The smallest absolute Gasteiger partial charge is 0.307 e. The van der Waals surface area contributed by atoms with Gasteiger partial charge in [0.15, 0.2) is 0 Å². The number of rotatable bonds is 4. The van der Waals surface area contributed by atoms with Crippen molar-refractivity contribution in [3.05, 3.63) is 53.1 Å². The molecule has 0 radical (unpaired) electrons. The fraction of sp³-hybridized carbons (Fsp3) is 0.118. The Morgan fingerprint density at radius 1 is 1.23 bits per heavy atom. The van der Waals surface area contributed by atoms with Gasteiger partial charge in [0.05, 0.1) is 12.1 Å². The molecule has 3 nitrogen and oxygen atoms in total. The Bertz CT molecular complexity index is 840. The summed E-state index contributed by atoms with van der Waals surface area (Å²) < 4.78 is 0. The fourth-order valence-electron chi connectivity index (χ4n) is 2.56. The maximum absolute atomic E-state index is 11.2. The van der Waals surface area contributed by atoms with Crippen LogP contribution < -0.4 is 0 Å². The molecule has 2 N–H and O–H groups in total. The predicted molar refractivity (Wildman–Crippen MR) is 91.9 cm³/mol. The van der Waals surface area contributed by atoms with Gasteiger partial charge in [-0.1, -0.05) is 23.7 Å². The summed E-state index contributed by atoms with van der Waals surface area (Å²) in [6.07, 6.45) is 1.98. The van der Waals surface area contributed by atoms with Crippen molar-refractivity contribution >= 4 is 40.2 Å². The van der Waals surface area contributed by atoms with Gasteiger partial charge in [-0.2, -0.15) is 0 Å². The van der Waals surface area contributed by atoms with E-state index in [1.54, 1.807) is 17.8 Å². The number of carbonyl (C=O) groups is 1. The highest BCUT2D eigenvalue weighted by atomic mass is 35.5. The molecule has 0 saturated heterocycles. The van der Waals surface area contributed by atoms with Crippen molar-refractivity contribution in [1.29, 1.82) is 0 Å². The SMILES string of the molecule is CSc1ccc(-c2[nH]c3ccc(Cl)cc3c2CC(=O)O)cc1. The van der Waals surface area contributed by atoms with E-state index in [2.05, 4.69) is 4.98 Å². The van der Waals surface area contributed by atoms with Crippen LogP contribution in [0.2, 0.25) is 5.02 Å². The molecule has 0 bridgehead atoms. The molecule has 0 spiro atoms. The summed E-state index contributed by atoms with van der Waals surface area (Å²) in [5.41, 5.74) is 3.47. The second kappa shape index (κ2) is 6.07. The first-order valence-electron chi connectivity index (χ1n) is 6.75. The first-order valence-corrected chi connectivity index (χ1v) is 8.35. The number of nitrogens with one attached hydrogen (secondary N) is 1. The monoisotopic (exact) mass is 331 g/mol. The van der Waals surface area contributed by atoms with Crippen LogP contribution in [0.15, 0.2) is 47.4 Å². The van der Waals surface area contributed by atoms with E-state index in [9.17, 15) is 9.90 Å². The van der Waals surface area contributed by atoms with E-state index >= 15 is 0 Å². The number of fused-ring (bicyclic) bond motifs is 1. The normalized spacial score (nSPS) is 11.0. The molecule has 22 heavy (non-hydrogen) atoms. The largest absolute Gasteiger partial charge is 0.481 e. The highest BCUT2D eigenvalue weighted by Gasteiger charge is 2.16. The number of H-pyrrole nitrogens is 1. The number of benzene rings is 2. The Labute approximate surface area is 137 Å². The number of carboxylic acid groups (broad SMARTS) is 1. The van der Waals surface area contributed by atoms with Crippen molar-refractivity contribution in [2.45, 2.75) is 11.3 Å². The number of aromatic nitrogens is 1. The minimum atomic E-state index is -0.858. The van der Waals surface area contributed by atoms with Gasteiger partial charge in [0.1, 0.15) is 0 Å². The average molecular weight is 332 g/mol. The van der Waals surface area contributed by atoms with Crippen molar-refractivity contribution in [3.8, 4) is 11.3 Å². The molecule has 0 aliphatic heterocycles. The summed E-state index contributed by atoms with van der Waals surface area (Å²) in [7, 11) is 0. The lowest BCUT2D eigenvalue weighted by atomic mass is 10.0. The Morgan fingerprint density at radius 3 is 2.59 bits per heavy atom. The van der Waals surface area contributed by atoms with Gasteiger partial charge in [0.25, 0.3) is 0 Å². The summed E-state index contributed by atoms with van der Waals surface area (Å²) in [6.45, 7) is 0. The molecule has 1 aromatic heterocycles. The van der Waals surface area contributed by atoms with Gasteiger partial charge in [0.2, 0.25) is 0 Å². The molecule has 0 unspecified atom stereocenters. The van der Waals surface area contributed by atoms with Crippen LogP contribution in [0.4, 0.5) is 0 Å². The standard InChI is InChI=1S/C17H14ClNO2S/c1-22-12-5-2-10(3-6-12)17-14(9-16(20)21)13-8-11(18)4-7-15(13)19-17/h2-8,19H,9H2,1H3,(H,20,21). The quantitative estimate of drug-likeness (QED) is 0.673. The van der Waals surface area contributed by atoms with Crippen molar-refractivity contribution in [2.24, 2.45) is 0 Å². The van der Waals surface area contributed by atoms with E-state index < -0.39 is 5.97 Å². The Kier molecular flexibility index (Phi) is 4.14. The van der Waals surface area contributed by atoms with E-state index in [0.29, 0.717) is 5.02 Å². The molecule has 0 amide bonds. The Hall–Kier alpha value is -1.91. The molecule has 5 heteroatoms. The highest BCUT2D eigenvalue weighted by Crippen LogP contribution is 2.33. The third-order valence-corrected chi connectivity index (χ3v) is 4.55. The molecule has 0 aliphatic rings. The van der Waals surface area contributed by atoms with Crippen LogP contribution in [-0.4, -0.2) is 22.3 Å². The molecule has 0 aliphatic carbocycles. The second-order valence-corrected chi connectivity index (χ2v) is 6.28. The molecule has 0 atom stereocenters. The molecule has 1 heterocycles. The van der Waals surface area contributed by atoms with Gasteiger partial charge in [-0.05, 0) is 47.7 Å². The number of aliphatic carboxylic acids is 1. The molecule has 2 aromatic carbocycles. The predicted octanol–water partition coefficient (Wildman–Crippen LogP) is 4.84. The molecule has 0 fully saturated rings. The van der Waals surface area contributed by atoms with Crippen LogP contribution in [0.25, 0.3) is 22.2 Å². The van der Waals surface area contributed by atoms with E-state index in [0.717, 1.165) is 27.7 Å². The molecule has 3 aromatic rings. The molecule has 3 rings (SSSR count). The Balaban J connectivity index is 2.20. The van der Waals surface area contributed by atoms with Crippen molar-refractivity contribution in [2.75, 3.05) is 6.26 Å². The Morgan fingerprint density at radius 2 is 1.95 bits per heavy atom. The van der Waals surface area contributed by atoms with Gasteiger partial charge < -0.3 is 10.1 Å². The van der Waals surface area contributed by atoms with Crippen LogP contribution in [0, 0.1) is 0 Å². The maximum Gasteiger partial charge on any atom is 0.307 e. The number of hydrogen-bond donors (Lipinski definition) is 2. The van der Waals surface area contributed by atoms with E-state index in [1.807, 2.05) is 42.7 Å². The van der Waals surface area contributed by atoms with Gasteiger partial charge in [0, 0.05) is 20.8 Å². The maximum atomic E-state index is 11.2. The summed E-state index contributed by atoms with van der Waals surface area (Å²) in [5, 5.41) is 10.7. The number of aromatic amines is 1. The topological polar surface area (TPSA) is 53.1 Å². The van der Waals surface area contributed by atoms with Crippen LogP contribution in [0.5, 0.6) is 0 Å². The van der Waals surface area contributed by atoms with Crippen molar-refractivity contribution < 1.29 is 9.90 Å². The van der Waals surface area contributed by atoms with Crippen LogP contribution >= 0.6 is 23.4 Å². The van der Waals surface area contributed by atoms with E-state index in [-0.39, 0.29) is 6.42 Å². The zero-order valence-electron chi connectivity index (χ0n) is 11.9. The van der Waals surface area contributed by atoms with Crippen LogP contribution in [0.1, 0.15) is 5.56 Å². The van der Waals surface area contributed by atoms with Crippen molar-refractivity contribution in [1.82, 2.24) is 4.98 Å². The molecular formula is C17H14ClNO2S. The lowest BCUT2D eigenvalue weighted by Gasteiger charge is -2.04. The average Bonchev–Trinajstić information content (AvgIpc) is 2.85. The van der Waals surface area contributed by atoms with Crippen LogP contribution in [0.3, 0.4) is 0 Å². The van der Waals surface area contributed by atoms with E-state index in [1.165, 1.54) is 4.90 Å². The van der Waals surface area contributed by atoms with Crippen LogP contribution in [-0.2, 0) is 11.2 Å². The van der Waals surface area contributed by atoms with Gasteiger partial charge in [-0.3, -0.25) is 4.79 Å². The van der Waals surface area contributed by atoms with Gasteiger partial charge in [-0.25, -0.2) is 0 Å².